The van der Waals surface area contributed by atoms with E-state index in [1.54, 1.807) is 25.1 Å². The fourth-order valence-electron chi connectivity index (χ4n) is 1.75. The van der Waals surface area contributed by atoms with Gasteiger partial charge in [0.15, 0.2) is 0 Å². The number of anilines is 2. The minimum absolute atomic E-state index is 0.188. The second kappa shape index (κ2) is 5.56. The molecule has 0 aliphatic carbocycles. The molecule has 104 valence electrons. The van der Waals surface area contributed by atoms with Gasteiger partial charge in [0.2, 0.25) is 11.8 Å². The fraction of sp³-hybridized carbons (Fsp3) is 0.214. The van der Waals surface area contributed by atoms with Gasteiger partial charge in [-0.15, -0.1) is 0 Å². The molecule has 0 radical (unpaired) electrons. The first kappa shape index (κ1) is 13.8. The molecule has 0 bridgehead atoms. The van der Waals surface area contributed by atoms with Crippen LogP contribution in [0, 0.1) is 13.8 Å². The molecule has 1 aromatic carbocycles. The number of aromatic nitrogens is 2. The van der Waals surface area contributed by atoms with E-state index >= 15 is 0 Å². The number of aryl methyl sites for hydroxylation is 2. The van der Waals surface area contributed by atoms with Crippen LogP contribution < -0.4 is 15.8 Å². The summed E-state index contributed by atoms with van der Waals surface area (Å²) in [7, 11) is 1.51. The molecule has 0 spiro atoms. The lowest BCUT2D eigenvalue weighted by molar-refractivity contribution is 0.102. The SMILES string of the molecule is COc1cc(C)nc(NC(=O)c2cccc(C)c2N)n1. The van der Waals surface area contributed by atoms with Crippen molar-refractivity contribution in [1.29, 1.82) is 0 Å². The third-order valence-electron chi connectivity index (χ3n) is 2.83. The van der Waals surface area contributed by atoms with Crippen molar-refractivity contribution in [2.24, 2.45) is 0 Å². The van der Waals surface area contributed by atoms with E-state index in [1.165, 1.54) is 7.11 Å². The van der Waals surface area contributed by atoms with Crippen LogP contribution in [0.3, 0.4) is 0 Å². The molecular formula is C14H16N4O2. The van der Waals surface area contributed by atoms with E-state index in [1.807, 2.05) is 13.0 Å². The van der Waals surface area contributed by atoms with Gasteiger partial charge in [-0.1, -0.05) is 12.1 Å². The molecule has 0 aliphatic heterocycles. The smallest absolute Gasteiger partial charge is 0.260 e. The van der Waals surface area contributed by atoms with Gasteiger partial charge in [0.05, 0.1) is 12.7 Å². The maximum atomic E-state index is 12.2. The van der Waals surface area contributed by atoms with Gasteiger partial charge in [0.25, 0.3) is 5.91 Å². The summed E-state index contributed by atoms with van der Waals surface area (Å²) >= 11 is 0. The maximum absolute atomic E-state index is 12.2. The van der Waals surface area contributed by atoms with Crippen molar-refractivity contribution in [3.63, 3.8) is 0 Å². The topological polar surface area (TPSA) is 90.1 Å². The molecule has 0 saturated heterocycles. The zero-order valence-corrected chi connectivity index (χ0v) is 11.6. The molecule has 3 N–H and O–H groups in total. The third kappa shape index (κ3) is 2.85. The predicted octanol–water partition coefficient (Wildman–Crippen LogP) is 1.94. The number of ether oxygens (including phenoxy) is 1. The standard InChI is InChI=1S/C14H16N4O2/c1-8-5-4-6-10(12(8)15)13(19)18-14-16-9(2)7-11(17-14)20-3/h4-7H,15H2,1-3H3,(H,16,17,18,19). The van der Waals surface area contributed by atoms with Crippen molar-refractivity contribution in [3.05, 3.63) is 41.1 Å². The molecule has 2 rings (SSSR count). The summed E-state index contributed by atoms with van der Waals surface area (Å²) in [4.78, 5) is 20.4. The Morgan fingerprint density at radius 2 is 2.05 bits per heavy atom. The number of nitrogens with two attached hydrogens (primary N) is 1. The Hall–Kier alpha value is -2.63. The lowest BCUT2D eigenvalue weighted by atomic mass is 10.1. The van der Waals surface area contributed by atoms with Crippen LogP contribution >= 0.6 is 0 Å². The number of amides is 1. The Morgan fingerprint density at radius 1 is 1.30 bits per heavy atom. The predicted molar refractivity (Wildman–Crippen MR) is 76.9 cm³/mol. The van der Waals surface area contributed by atoms with Crippen molar-refractivity contribution in [2.45, 2.75) is 13.8 Å². The Morgan fingerprint density at radius 3 is 2.75 bits per heavy atom. The minimum atomic E-state index is -0.348. The van der Waals surface area contributed by atoms with Crippen molar-refractivity contribution in [3.8, 4) is 5.88 Å². The van der Waals surface area contributed by atoms with Crippen LogP contribution in [0.25, 0.3) is 0 Å². The summed E-state index contributed by atoms with van der Waals surface area (Å²) < 4.78 is 5.04. The quantitative estimate of drug-likeness (QED) is 0.833. The lowest BCUT2D eigenvalue weighted by Gasteiger charge is -2.09. The average Bonchev–Trinajstić information content (AvgIpc) is 2.41. The number of nitrogens with one attached hydrogen (secondary N) is 1. The molecule has 1 heterocycles. The zero-order valence-electron chi connectivity index (χ0n) is 11.6. The molecule has 0 fully saturated rings. The number of carbonyl (C=O) groups excluding carboxylic acids is 1. The molecular weight excluding hydrogens is 256 g/mol. The largest absolute Gasteiger partial charge is 0.481 e. The lowest BCUT2D eigenvalue weighted by Crippen LogP contribution is -2.16. The number of nitrogens with zero attached hydrogens (tertiary/aromatic N) is 2. The first-order valence-corrected chi connectivity index (χ1v) is 6.07. The van der Waals surface area contributed by atoms with Crippen LogP contribution in [0.5, 0.6) is 5.88 Å². The van der Waals surface area contributed by atoms with Crippen LogP contribution in [-0.2, 0) is 0 Å². The number of benzene rings is 1. The van der Waals surface area contributed by atoms with E-state index in [2.05, 4.69) is 15.3 Å². The zero-order chi connectivity index (χ0) is 14.7. The summed E-state index contributed by atoms with van der Waals surface area (Å²) in [5, 5.41) is 2.62. The van der Waals surface area contributed by atoms with E-state index in [9.17, 15) is 4.79 Å². The highest BCUT2D eigenvalue weighted by atomic mass is 16.5. The second-order valence-corrected chi connectivity index (χ2v) is 4.37. The molecule has 0 atom stereocenters. The molecule has 0 saturated carbocycles. The molecule has 0 unspecified atom stereocenters. The summed E-state index contributed by atoms with van der Waals surface area (Å²) in [6, 6.07) is 6.96. The molecule has 2 aromatic rings. The third-order valence-corrected chi connectivity index (χ3v) is 2.83. The van der Waals surface area contributed by atoms with Crippen LogP contribution in [0.1, 0.15) is 21.6 Å². The van der Waals surface area contributed by atoms with Crippen LogP contribution in [0.4, 0.5) is 11.6 Å². The molecule has 20 heavy (non-hydrogen) atoms. The second-order valence-electron chi connectivity index (χ2n) is 4.37. The first-order valence-electron chi connectivity index (χ1n) is 6.07. The highest BCUT2D eigenvalue weighted by Crippen LogP contribution is 2.18. The van der Waals surface area contributed by atoms with E-state index in [0.29, 0.717) is 22.8 Å². The molecule has 6 heteroatoms. The highest BCUT2D eigenvalue weighted by Gasteiger charge is 2.13. The summed E-state index contributed by atoms with van der Waals surface area (Å²) in [6.45, 7) is 3.64. The number of hydrogen-bond donors (Lipinski definition) is 2. The van der Waals surface area contributed by atoms with E-state index < -0.39 is 0 Å². The van der Waals surface area contributed by atoms with Gasteiger partial charge in [0, 0.05) is 17.4 Å². The summed E-state index contributed by atoms with van der Waals surface area (Å²) in [5.74, 6) is 0.233. The van der Waals surface area contributed by atoms with E-state index in [-0.39, 0.29) is 11.9 Å². The van der Waals surface area contributed by atoms with Crippen LogP contribution in [0.15, 0.2) is 24.3 Å². The monoisotopic (exact) mass is 272 g/mol. The van der Waals surface area contributed by atoms with Crippen molar-refractivity contribution in [2.75, 3.05) is 18.2 Å². The number of rotatable bonds is 3. The summed E-state index contributed by atoms with van der Waals surface area (Å²) in [6.07, 6.45) is 0. The van der Waals surface area contributed by atoms with Gasteiger partial charge in [-0.2, -0.15) is 4.98 Å². The first-order chi connectivity index (χ1) is 9.51. The number of nitrogen functional groups attached to an aromatic ring is 1. The molecule has 0 aliphatic rings. The summed E-state index contributed by atoms with van der Waals surface area (Å²) in [5.41, 5.74) is 8.29. The Kier molecular flexibility index (Phi) is 3.84. The van der Waals surface area contributed by atoms with Gasteiger partial charge < -0.3 is 10.5 Å². The Bertz CT molecular complexity index is 656. The Labute approximate surface area is 117 Å². The number of para-hydroxylation sites is 1. The van der Waals surface area contributed by atoms with Crippen molar-refractivity contribution >= 4 is 17.5 Å². The normalized spacial score (nSPS) is 10.2. The Balaban J connectivity index is 2.28. The van der Waals surface area contributed by atoms with E-state index in [4.69, 9.17) is 10.5 Å². The number of carbonyl (C=O) groups is 1. The van der Waals surface area contributed by atoms with Crippen molar-refractivity contribution in [1.82, 2.24) is 9.97 Å². The minimum Gasteiger partial charge on any atom is -0.481 e. The van der Waals surface area contributed by atoms with Crippen molar-refractivity contribution < 1.29 is 9.53 Å². The van der Waals surface area contributed by atoms with Gasteiger partial charge in [-0.3, -0.25) is 10.1 Å². The van der Waals surface area contributed by atoms with Gasteiger partial charge in [0.1, 0.15) is 0 Å². The molecule has 1 amide bonds. The fourth-order valence-corrected chi connectivity index (χ4v) is 1.75. The average molecular weight is 272 g/mol. The van der Waals surface area contributed by atoms with Gasteiger partial charge in [-0.05, 0) is 25.5 Å². The van der Waals surface area contributed by atoms with E-state index in [0.717, 1.165) is 5.56 Å². The number of hydrogen-bond acceptors (Lipinski definition) is 5. The molecule has 1 aromatic heterocycles. The van der Waals surface area contributed by atoms with Crippen LogP contribution in [0.2, 0.25) is 0 Å². The molecule has 6 nitrogen and oxygen atoms in total. The maximum Gasteiger partial charge on any atom is 0.260 e. The van der Waals surface area contributed by atoms with Gasteiger partial charge in [-0.25, -0.2) is 4.98 Å². The van der Waals surface area contributed by atoms with Crippen LogP contribution in [-0.4, -0.2) is 23.0 Å². The highest BCUT2D eigenvalue weighted by molar-refractivity contribution is 6.07. The number of methoxy groups -OCH3 is 1. The van der Waals surface area contributed by atoms with Gasteiger partial charge >= 0.3 is 0 Å².